The van der Waals surface area contributed by atoms with E-state index in [1.54, 1.807) is 6.92 Å². The number of hydrogen-bond donors (Lipinski definition) is 1. The molecule has 1 heterocycles. The van der Waals surface area contributed by atoms with Gasteiger partial charge in [-0.3, -0.25) is 4.79 Å². The zero-order valence-corrected chi connectivity index (χ0v) is 10.3. The van der Waals surface area contributed by atoms with Crippen LogP contribution in [-0.4, -0.2) is 30.5 Å². The highest BCUT2D eigenvalue weighted by atomic mass is 32.2. The van der Waals surface area contributed by atoms with Gasteiger partial charge in [-0.25, -0.2) is 18.4 Å². The summed E-state index contributed by atoms with van der Waals surface area (Å²) in [5.74, 6) is -0.433. The lowest BCUT2D eigenvalue weighted by atomic mass is 10.1. The molecule has 0 spiro atoms. The minimum Gasteiger partial charge on any atom is -0.366 e. The number of amides is 1. The van der Waals surface area contributed by atoms with Gasteiger partial charge in [-0.1, -0.05) is 13.0 Å². The minimum atomic E-state index is -3.16. The van der Waals surface area contributed by atoms with E-state index in [4.69, 9.17) is 5.73 Å². The van der Waals surface area contributed by atoms with Gasteiger partial charge in [-0.2, -0.15) is 0 Å². The summed E-state index contributed by atoms with van der Waals surface area (Å²) in [6, 6.07) is 0. The van der Waals surface area contributed by atoms with Gasteiger partial charge in [-0.05, 0) is 0 Å². The van der Waals surface area contributed by atoms with E-state index < -0.39 is 15.7 Å². The number of primary amides is 1. The highest BCUT2D eigenvalue weighted by molar-refractivity contribution is 7.93. The van der Waals surface area contributed by atoms with Crippen molar-refractivity contribution in [1.82, 2.24) is 9.97 Å². The lowest BCUT2D eigenvalue weighted by Gasteiger charge is -2.04. The van der Waals surface area contributed by atoms with E-state index >= 15 is 0 Å². The van der Waals surface area contributed by atoms with Gasteiger partial charge < -0.3 is 5.73 Å². The summed E-state index contributed by atoms with van der Waals surface area (Å²) < 4.78 is 21.8. The molecule has 0 aromatic carbocycles. The van der Waals surface area contributed by atoms with Gasteiger partial charge in [0.25, 0.3) is 5.91 Å². The quantitative estimate of drug-likeness (QED) is 0.829. The summed E-state index contributed by atoms with van der Waals surface area (Å²) in [6.07, 6.45) is 5.22. The predicted octanol–water partition coefficient (Wildman–Crippen LogP) is 0.237. The maximum atomic E-state index is 10.9. The van der Waals surface area contributed by atoms with Crippen LogP contribution in [0.4, 0.5) is 0 Å². The van der Waals surface area contributed by atoms with Crippen molar-refractivity contribution < 1.29 is 13.2 Å². The van der Waals surface area contributed by atoms with Crippen LogP contribution in [0.2, 0.25) is 0 Å². The molecule has 1 amide bonds. The molecule has 0 radical (unpaired) electrons. The molecular weight excluding hydrogens is 242 g/mol. The largest absolute Gasteiger partial charge is 0.366 e. The first-order valence-electron chi connectivity index (χ1n) is 4.79. The fraction of sp³-hybridized carbons (Fsp3) is 0.300. The first-order chi connectivity index (χ1) is 7.79. The number of hydrogen-bond acceptors (Lipinski definition) is 5. The summed E-state index contributed by atoms with van der Waals surface area (Å²) in [7, 11) is -3.16. The lowest BCUT2D eigenvalue weighted by Crippen LogP contribution is -2.12. The Morgan fingerprint density at radius 2 is 1.94 bits per heavy atom. The van der Waals surface area contributed by atoms with Crippen LogP contribution in [0.3, 0.4) is 0 Å². The summed E-state index contributed by atoms with van der Waals surface area (Å²) in [6.45, 7) is 1.75. The van der Waals surface area contributed by atoms with Crippen LogP contribution in [-0.2, 0) is 9.84 Å². The van der Waals surface area contributed by atoms with E-state index in [1.165, 1.54) is 18.5 Å². The van der Waals surface area contributed by atoms with Crippen molar-refractivity contribution in [2.45, 2.75) is 12.8 Å². The first-order valence-corrected chi connectivity index (χ1v) is 6.75. The van der Waals surface area contributed by atoms with Gasteiger partial charge >= 0.3 is 0 Å². The molecule has 1 aromatic rings. The van der Waals surface area contributed by atoms with Crippen molar-refractivity contribution in [1.29, 1.82) is 0 Å². The second kappa shape index (κ2) is 5.05. The van der Waals surface area contributed by atoms with E-state index in [2.05, 4.69) is 9.97 Å². The third-order valence-electron chi connectivity index (χ3n) is 1.98. The standard InChI is InChI=1S/C10H13N3O3S/c1-7(3-4-17(2,15)16)10-12-5-8(6-13-10)9(11)14/h3-7H,1-2H3,(H2,11,14)/b4-3+/t7-/m0/s1. The number of nitrogens with zero attached hydrogens (tertiary/aromatic N) is 2. The van der Waals surface area contributed by atoms with Crippen molar-refractivity contribution in [2.24, 2.45) is 5.73 Å². The van der Waals surface area contributed by atoms with Gasteiger partial charge in [0.05, 0.1) is 5.56 Å². The Morgan fingerprint density at radius 1 is 1.41 bits per heavy atom. The predicted molar refractivity (Wildman–Crippen MR) is 62.9 cm³/mol. The van der Waals surface area contributed by atoms with E-state index in [0.717, 1.165) is 11.7 Å². The summed E-state index contributed by atoms with van der Waals surface area (Å²) in [5.41, 5.74) is 5.26. The average Bonchev–Trinajstić information content (AvgIpc) is 2.25. The lowest BCUT2D eigenvalue weighted by molar-refractivity contribution is 0.0999. The van der Waals surface area contributed by atoms with Crippen molar-refractivity contribution in [2.75, 3.05) is 6.26 Å². The smallest absolute Gasteiger partial charge is 0.251 e. The molecule has 0 saturated carbocycles. The van der Waals surface area contributed by atoms with Crippen LogP contribution in [0, 0.1) is 0 Å². The number of allylic oxidation sites excluding steroid dienone is 1. The highest BCUT2D eigenvalue weighted by Crippen LogP contribution is 2.11. The number of carbonyl (C=O) groups is 1. The Labute approximate surface area is 99.5 Å². The van der Waals surface area contributed by atoms with Crippen LogP contribution >= 0.6 is 0 Å². The Balaban J connectivity index is 2.87. The third kappa shape index (κ3) is 4.31. The van der Waals surface area contributed by atoms with Gasteiger partial charge in [0.1, 0.15) is 5.82 Å². The topological polar surface area (TPSA) is 103 Å². The van der Waals surface area contributed by atoms with Gasteiger partial charge in [0, 0.05) is 30.0 Å². The Morgan fingerprint density at radius 3 is 2.35 bits per heavy atom. The molecule has 0 aliphatic heterocycles. The number of carbonyl (C=O) groups excluding carboxylic acids is 1. The van der Waals surface area contributed by atoms with Gasteiger partial charge in [-0.15, -0.1) is 0 Å². The van der Waals surface area contributed by atoms with Crippen LogP contribution in [0.15, 0.2) is 23.9 Å². The molecule has 0 aliphatic rings. The maximum absolute atomic E-state index is 10.9. The third-order valence-corrected chi connectivity index (χ3v) is 2.63. The molecule has 1 aromatic heterocycles. The van der Waals surface area contributed by atoms with Gasteiger partial charge in [0.2, 0.25) is 0 Å². The van der Waals surface area contributed by atoms with Crippen LogP contribution in [0.25, 0.3) is 0 Å². The van der Waals surface area contributed by atoms with E-state index in [0.29, 0.717) is 5.82 Å². The highest BCUT2D eigenvalue weighted by Gasteiger charge is 2.08. The Bertz CT molecular complexity index is 534. The molecular formula is C10H13N3O3S. The van der Waals surface area contributed by atoms with Crippen LogP contribution < -0.4 is 5.73 Å². The Kier molecular flexibility index (Phi) is 3.95. The number of aromatic nitrogens is 2. The summed E-state index contributed by atoms with van der Waals surface area (Å²) in [5, 5.41) is 1.10. The molecule has 0 aliphatic carbocycles. The molecule has 1 atom stereocenters. The molecule has 7 heteroatoms. The fourth-order valence-electron chi connectivity index (χ4n) is 1.05. The Hall–Kier alpha value is -1.76. The number of sulfone groups is 1. The van der Waals surface area contributed by atoms with E-state index in [-0.39, 0.29) is 11.5 Å². The SMILES string of the molecule is C[C@@H](/C=C/S(C)(=O)=O)c1ncc(C(N)=O)cn1. The van der Waals surface area contributed by atoms with Crippen molar-refractivity contribution in [3.63, 3.8) is 0 Å². The molecule has 1 rings (SSSR count). The monoisotopic (exact) mass is 255 g/mol. The molecule has 2 N–H and O–H groups in total. The van der Waals surface area contributed by atoms with E-state index in [1.807, 2.05) is 0 Å². The molecule has 0 unspecified atom stereocenters. The van der Waals surface area contributed by atoms with Crippen LogP contribution in [0.5, 0.6) is 0 Å². The summed E-state index contributed by atoms with van der Waals surface area (Å²) in [4.78, 5) is 18.7. The zero-order valence-electron chi connectivity index (χ0n) is 9.49. The van der Waals surface area contributed by atoms with Crippen molar-refractivity contribution in [3.8, 4) is 0 Å². The maximum Gasteiger partial charge on any atom is 0.251 e. The minimum absolute atomic E-state index is 0.216. The van der Waals surface area contributed by atoms with Crippen LogP contribution in [0.1, 0.15) is 29.0 Å². The average molecular weight is 255 g/mol. The molecule has 17 heavy (non-hydrogen) atoms. The zero-order chi connectivity index (χ0) is 13.1. The van der Waals surface area contributed by atoms with E-state index in [9.17, 15) is 13.2 Å². The van der Waals surface area contributed by atoms with Crippen molar-refractivity contribution >= 4 is 15.7 Å². The molecule has 92 valence electrons. The fourth-order valence-corrected chi connectivity index (χ4v) is 1.57. The number of rotatable bonds is 4. The van der Waals surface area contributed by atoms with Crippen molar-refractivity contribution in [3.05, 3.63) is 35.3 Å². The second-order valence-electron chi connectivity index (χ2n) is 3.64. The molecule has 0 saturated heterocycles. The summed E-state index contributed by atoms with van der Waals surface area (Å²) >= 11 is 0. The van der Waals surface area contributed by atoms with Gasteiger partial charge in [0.15, 0.2) is 9.84 Å². The second-order valence-corrected chi connectivity index (χ2v) is 5.57. The normalized spacial score (nSPS) is 13.8. The molecule has 0 bridgehead atoms. The first kappa shape index (κ1) is 13.3. The molecule has 6 nitrogen and oxygen atoms in total. The number of nitrogens with two attached hydrogens (primary N) is 1. The molecule has 0 fully saturated rings.